The standard InChI is InChI=1S/C22H27N5O4S/c1-13-17(20(29)30-4)14(2)23-18(13)19(28)15(3)32-22-25-24-21(26-9-5-6-10-26)27(22)12-16-8-7-11-31-16/h7-8,11,15,23H,5-6,9-10,12H2,1-4H3/t15-/m0/s1. The van der Waals surface area contributed by atoms with Gasteiger partial charge in [0.1, 0.15) is 5.76 Å². The first-order valence-electron chi connectivity index (χ1n) is 10.6. The van der Waals surface area contributed by atoms with Gasteiger partial charge in [0.25, 0.3) is 0 Å². The minimum Gasteiger partial charge on any atom is -0.467 e. The molecule has 1 fully saturated rings. The van der Waals surface area contributed by atoms with Crippen molar-refractivity contribution >= 4 is 29.5 Å². The third kappa shape index (κ3) is 4.19. The molecule has 0 bridgehead atoms. The molecule has 1 aliphatic rings. The predicted molar refractivity (Wildman–Crippen MR) is 121 cm³/mol. The molecule has 0 amide bonds. The predicted octanol–water partition coefficient (Wildman–Crippen LogP) is 3.61. The number of H-pyrrole nitrogens is 1. The number of aromatic amines is 1. The average molecular weight is 458 g/mol. The third-order valence-corrected chi connectivity index (χ3v) is 6.79. The Morgan fingerprint density at radius 3 is 2.69 bits per heavy atom. The topological polar surface area (TPSA) is 106 Å². The molecule has 9 nitrogen and oxygen atoms in total. The van der Waals surface area contributed by atoms with Crippen LogP contribution in [0.3, 0.4) is 0 Å². The summed E-state index contributed by atoms with van der Waals surface area (Å²) >= 11 is 1.35. The Morgan fingerprint density at radius 1 is 1.28 bits per heavy atom. The fourth-order valence-electron chi connectivity index (χ4n) is 4.04. The highest BCUT2D eigenvalue weighted by molar-refractivity contribution is 8.00. The number of aryl methyl sites for hydroxylation is 1. The van der Waals surface area contributed by atoms with Crippen molar-refractivity contribution in [2.75, 3.05) is 25.1 Å². The van der Waals surface area contributed by atoms with Gasteiger partial charge in [0.2, 0.25) is 5.95 Å². The number of ketones is 1. The van der Waals surface area contributed by atoms with E-state index in [1.54, 1.807) is 20.1 Å². The number of esters is 1. The number of hydrogen-bond donors (Lipinski definition) is 1. The maximum atomic E-state index is 13.2. The Balaban J connectivity index is 1.60. The maximum Gasteiger partial charge on any atom is 0.339 e. The number of aromatic nitrogens is 4. The van der Waals surface area contributed by atoms with Crippen LogP contribution in [0.2, 0.25) is 0 Å². The Kier molecular flexibility index (Phi) is 6.40. The fourth-order valence-corrected chi connectivity index (χ4v) is 4.94. The lowest BCUT2D eigenvalue weighted by Crippen LogP contribution is -2.23. The van der Waals surface area contributed by atoms with Gasteiger partial charge < -0.3 is 19.0 Å². The molecule has 32 heavy (non-hydrogen) atoms. The Labute approximate surface area is 190 Å². The summed E-state index contributed by atoms with van der Waals surface area (Å²) in [5.41, 5.74) is 2.04. The second-order valence-corrected chi connectivity index (χ2v) is 9.19. The van der Waals surface area contributed by atoms with Crippen LogP contribution in [0.1, 0.15) is 57.6 Å². The van der Waals surface area contributed by atoms with Crippen molar-refractivity contribution in [1.29, 1.82) is 0 Å². The summed E-state index contributed by atoms with van der Waals surface area (Å²) in [5, 5.41) is 9.04. The molecule has 0 saturated carbocycles. The Morgan fingerprint density at radius 2 is 2.03 bits per heavy atom. The lowest BCUT2D eigenvalue weighted by Gasteiger charge is -2.18. The number of methoxy groups -OCH3 is 1. The van der Waals surface area contributed by atoms with E-state index in [0.29, 0.717) is 34.2 Å². The number of carbonyl (C=O) groups excluding carboxylic acids is 2. The van der Waals surface area contributed by atoms with E-state index >= 15 is 0 Å². The molecule has 0 aromatic carbocycles. The molecule has 3 aromatic rings. The summed E-state index contributed by atoms with van der Waals surface area (Å²) in [6.45, 7) is 7.71. The highest BCUT2D eigenvalue weighted by Gasteiger charge is 2.28. The van der Waals surface area contributed by atoms with Crippen LogP contribution >= 0.6 is 11.8 Å². The molecule has 1 aliphatic heterocycles. The van der Waals surface area contributed by atoms with Crippen LogP contribution < -0.4 is 4.90 Å². The maximum absolute atomic E-state index is 13.2. The zero-order valence-corrected chi connectivity index (χ0v) is 19.5. The van der Waals surface area contributed by atoms with Crippen molar-refractivity contribution in [3.8, 4) is 0 Å². The van der Waals surface area contributed by atoms with Gasteiger partial charge in [-0.15, -0.1) is 10.2 Å². The number of rotatable bonds is 8. The van der Waals surface area contributed by atoms with E-state index in [1.165, 1.54) is 18.9 Å². The average Bonchev–Trinajstić information content (AvgIpc) is 3.57. The molecule has 4 rings (SSSR count). The van der Waals surface area contributed by atoms with E-state index in [2.05, 4.69) is 20.1 Å². The zero-order chi connectivity index (χ0) is 22.8. The molecule has 0 spiro atoms. The second kappa shape index (κ2) is 9.23. The monoisotopic (exact) mass is 457 g/mol. The first-order valence-corrected chi connectivity index (χ1v) is 11.5. The molecular formula is C22H27N5O4S. The summed E-state index contributed by atoms with van der Waals surface area (Å²) in [4.78, 5) is 30.6. The van der Waals surface area contributed by atoms with E-state index in [1.807, 2.05) is 23.6 Å². The number of ether oxygens (including phenoxy) is 1. The number of anilines is 1. The zero-order valence-electron chi connectivity index (χ0n) is 18.7. The van der Waals surface area contributed by atoms with Crippen LogP contribution in [0.25, 0.3) is 0 Å². The van der Waals surface area contributed by atoms with E-state index in [-0.39, 0.29) is 5.78 Å². The van der Waals surface area contributed by atoms with Gasteiger partial charge in [0, 0.05) is 18.8 Å². The van der Waals surface area contributed by atoms with Crippen molar-refractivity contribution in [3.63, 3.8) is 0 Å². The summed E-state index contributed by atoms with van der Waals surface area (Å²) in [5.74, 6) is 1.02. The van der Waals surface area contributed by atoms with E-state index in [4.69, 9.17) is 9.15 Å². The smallest absolute Gasteiger partial charge is 0.339 e. The third-order valence-electron chi connectivity index (χ3n) is 5.71. The van der Waals surface area contributed by atoms with Crippen LogP contribution in [-0.2, 0) is 11.3 Å². The van der Waals surface area contributed by atoms with Crippen molar-refractivity contribution in [1.82, 2.24) is 19.7 Å². The summed E-state index contributed by atoms with van der Waals surface area (Å²) in [6.07, 6.45) is 3.89. The summed E-state index contributed by atoms with van der Waals surface area (Å²) < 4.78 is 12.4. The molecule has 1 saturated heterocycles. The van der Waals surface area contributed by atoms with Gasteiger partial charge in [0.05, 0.1) is 36.4 Å². The van der Waals surface area contributed by atoms with Gasteiger partial charge >= 0.3 is 5.97 Å². The SMILES string of the molecule is COC(=O)c1c(C)[nH]c(C(=O)[C@H](C)Sc2nnc(N3CCCC3)n2Cc2ccco2)c1C. The summed E-state index contributed by atoms with van der Waals surface area (Å²) in [7, 11) is 1.33. The number of furan rings is 1. The minimum absolute atomic E-state index is 0.110. The van der Waals surface area contributed by atoms with Crippen LogP contribution in [0.5, 0.6) is 0 Å². The van der Waals surface area contributed by atoms with Crippen LogP contribution in [0, 0.1) is 13.8 Å². The van der Waals surface area contributed by atoms with E-state index < -0.39 is 11.2 Å². The molecule has 0 aliphatic carbocycles. The molecule has 10 heteroatoms. The van der Waals surface area contributed by atoms with Gasteiger partial charge in [0.15, 0.2) is 10.9 Å². The first kappa shape index (κ1) is 22.2. The number of thioether (sulfide) groups is 1. The van der Waals surface area contributed by atoms with Crippen LogP contribution in [0.15, 0.2) is 28.0 Å². The highest BCUT2D eigenvalue weighted by Crippen LogP contribution is 2.31. The van der Waals surface area contributed by atoms with Gasteiger partial charge in [-0.1, -0.05) is 11.8 Å². The number of carbonyl (C=O) groups is 2. The Hall–Kier alpha value is -3.01. The second-order valence-electron chi connectivity index (χ2n) is 7.88. The molecule has 3 aromatic heterocycles. The Bertz CT molecular complexity index is 1110. The molecule has 0 unspecified atom stereocenters. The molecule has 170 valence electrons. The fraction of sp³-hybridized carbons (Fsp3) is 0.455. The normalized spacial score (nSPS) is 14.7. The van der Waals surface area contributed by atoms with E-state index in [9.17, 15) is 9.59 Å². The van der Waals surface area contributed by atoms with Crippen LogP contribution in [-0.4, -0.2) is 57.0 Å². The van der Waals surface area contributed by atoms with Gasteiger partial charge in [-0.3, -0.25) is 9.36 Å². The number of Topliss-reactive ketones (excluding diaryl/α,β-unsaturated/α-hetero) is 1. The summed E-state index contributed by atoms with van der Waals surface area (Å²) in [6, 6.07) is 3.76. The van der Waals surface area contributed by atoms with Gasteiger partial charge in [-0.25, -0.2) is 4.79 Å². The van der Waals surface area contributed by atoms with Crippen LogP contribution in [0.4, 0.5) is 5.95 Å². The van der Waals surface area contributed by atoms with Crippen molar-refractivity contribution in [2.24, 2.45) is 0 Å². The lowest BCUT2D eigenvalue weighted by molar-refractivity contribution is 0.0599. The van der Waals surface area contributed by atoms with Crippen molar-refractivity contribution in [3.05, 3.63) is 46.7 Å². The van der Waals surface area contributed by atoms with Gasteiger partial charge in [-0.2, -0.15) is 0 Å². The first-order chi connectivity index (χ1) is 15.4. The number of nitrogens with zero attached hydrogens (tertiary/aromatic N) is 4. The lowest BCUT2D eigenvalue weighted by atomic mass is 10.1. The van der Waals surface area contributed by atoms with Gasteiger partial charge in [-0.05, 0) is 51.3 Å². The van der Waals surface area contributed by atoms with Crippen molar-refractivity contribution < 1.29 is 18.7 Å². The molecule has 1 atom stereocenters. The molecule has 1 N–H and O–H groups in total. The highest BCUT2D eigenvalue weighted by atomic mass is 32.2. The molecule has 4 heterocycles. The molecular weight excluding hydrogens is 430 g/mol. The number of nitrogens with one attached hydrogen (secondary N) is 1. The quantitative estimate of drug-likeness (QED) is 0.311. The molecule has 0 radical (unpaired) electrons. The minimum atomic E-state index is -0.455. The largest absolute Gasteiger partial charge is 0.467 e. The van der Waals surface area contributed by atoms with E-state index in [0.717, 1.165) is 37.6 Å². The van der Waals surface area contributed by atoms with Crippen molar-refractivity contribution in [2.45, 2.75) is 50.6 Å². The number of hydrogen-bond acceptors (Lipinski definition) is 8.